The molecule has 0 amide bonds. The number of aromatic hydroxyl groups is 1. The van der Waals surface area contributed by atoms with E-state index in [9.17, 15) is 5.11 Å². The molecule has 0 spiro atoms. The van der Waals surface area contributed by atoms with E-state index in [0.29, 0.717) is 23.5 Å². The molecule has 7 nitrogen and oxygen atoms in total. The number of azo groups is 2. The van der Waals surface area contributed by atoms with E-state index in [1.54, 1.807) is 18.2 Å². The molecule has 4 rings (SSSR count). The van der Waals surface area contributed by atoms with Gasteiger partial charge in [0, 0.05) is 12.0 Å². The zero-order valence-electron chi connectivity index (χ0n) is 15.5. The summed E-state index contributed by atoms with van der Waals surface area (Å²) in [5, 5.41) is 34.9. The number of hydrogen-bond donors (Lipinski definition) is 1. The van der Waals surface area contributed by atoms with Crippen molar-refractivity contribution in [2.45, 2.75) is 12.5 Å². The Labute approximate surface area is 167 Å². The smallest absolute Gasteiger partial charge is 0.175 e. The summed E-state index contributed by atoms with van der Waals surface area (Å²) in [4.78, 5) is 0. The molecule has 0 radical (unpaired) electrons. The molecule has 1 atom stereocenters. The minimum Gasteiger partial charge on any atom is -0.507 e. The Balaban J connectivity index is 1.44. The van der Waals surface area contributed by atoms with E-state index in [1.807, 2.05) is 60.7 Å². The first-order chi connectivity index (χ1) is 14.3. The van der Waals surface area contributed by atoms with Crippen LogP contribution in [0.4, 0.5) is 11.4 Å². The lowest BCUT2D eigenvalue weighted by atomic mass is 10.1. The Hall–Kier alpha value is -4.00. The van der Waals surface area contributed by atoms with Crippen LogP contribution in [-0.4, -0.2) is 17.2 Å². The molecule has 1 N–H and O–H groups in total. The van der Waals surface area contributed by atoms with Gasteiger partial charge in [-0.2, -0.15) is 20.4 Å². The molecule has 1 heterocycles. The number of hydrogen-bond acceptors (Lipinski definition) is 6. The molecule has 0 fully saturated rings. The van der Waals surface area contributed by atoms with E-state index >= 15 is 0 Å². The van der Waals surface area contributed by atoms with E-state index in [1.165, 1.54) is 6.21 Å². The number of nitrogens with zero attached hydrogens (tertiary/aromatic N) is 6. The van der Waals surface area contributed by atoms with Gasteiger partial charge in [-0.1, -0.05) is 48.5 Å². The van der Waals surface area contributed by atoms with Crippen molar-refractivity contribution in [2.75, 3.05) is 0 Å². The van der Waals surface area contributed by atoms with Gasteiger partial charge in [0.2, 0.25) is 0 Å². The molecule has 0 aliphatic carbocycles. The molecule has 3 aromatic rings. The van der Waals surface area contributed by atoms with Crippen LogP contribution in [0.2, 0.25) is 0 Å². The maximum Gasteiger partial charge on any atom is 0.175 e. The van der Waals surface area contributed by atoms with E-state index < -0.39 is 0 Å². The molecule has 1 aliphatic heterocycles. The van der Waals surface area contributed by atoms with E-state index in [4.69, 9.17) is 0 Å². The van der Waals surface area contributed by atoms with Crippen LogP contribution in [-0.2, 0) is 0 Å². The van der Waals surface area contributed by atoms with Crippen molar-refractivity contribution in [3.63, 3.8) is 0 Å². The molecule has 0 saturated carbocycles. The minimum atomic E-state index is -0.0275. The highest BCUT2D eigenvalue weighted by atomic mass is 16.3. The quantitative estimate of drug-likeness (QED) is 0.320. The molecule has 0 unspecified atom stereocenters. The number of amidine groups is 1. The zero-order valence-corrected chi connectivity index (χ0v) is 15.5. The highest BCUT2D eigenvalue weighted by molar-refractivity contribution is 5.87. The Morgan fingerprint density at radius 1 is 0.862 bits per heavy atom. The van der Waals surface area contributed by atoms with Crippen molar-refractivity contribution < 1.29 is 5.11 Å². The molecular formula is C22H18N6O. The van der Waals surface area contributed by atoms with Crippen LogP contribution >= 0.6 is 0 Å². The normalized spacial score (nSPS) is 17.7. The topological polar surface area (TPSA) is 94.4 Å². The lowest BCUT2D eigenvalue weighted by molar-refractivity contribution is 0.474. The molecule has 3 aromatic carbocycles. The third kappa shape index (κ3) is 4.84. The van der Waals surface area contributed by atoms with Crippen LogP contribution in [0.15, 0.2) is 110 Å². The van der Waals surface area contributed by atoms with Gasteiger partial charge in [-0.05, 0) is 35.9 Å². The predicted molar refractivity (Wildman–Crippen MR) is 112 cm³/mol. The zero-order chi connectivity index (χ0) is 19.9. The Bertz CT molecular complexity index is 1090. The van der Waals surface area contributed by atoms with Crippen molar-refractivity contribution in [3.8, 4) is 5.75 Å². The summed E-state index contributed by atoms with van der Waals surface area (Å²) in [6, 6.07) is 24.3. The SMILES string of the molecule is Oc1ccc(N=Nc2ccccc2)cc1/C=N\N=C1\C[C@H](c2ccccc2)N=N1. The largest absolute Gasteiger partial charge is 0.507 e. The van der Waals surface area contributed by atoms with E-state index in [2.05, 4.69) is 30.7 Å². The fourth-order valence-corrected chi connectivity index (χ4v) is 2.79. The van der Waals surface area contributed by atoms with Gasteiger partial charge in [-0.15, -0.1) is 10.2 Å². The second-order valence-corrected chi connectivity index (χ2v) is 6.39. The minimum absolute atomic E-state index is 0.0275. The monoisotopic (exact) mass is 382 g/mol. The van der Waals surface area contributed by atoms with Crippen LogP contribution in [0.25, 0.3) is 0 Å². The van der Waals surface area contributed by atoms with Crippen molar-refractivity contribution in [1.29, 1.82) is 0 Å². The first kappa shape index (κ1) is 18.4. The molecule has 0 saturated heterocycles. The van der Waals surface area contributed by atoms with Gasteiger partial charge in [-0.3, -0.25) is 0 Å². The van der Waals surface area contributed by atoms with Gasteiger partial charge in [0.05, 0.1) is 17.6 Å². The van der Waals surface area contributed by atoms with Gasteiger partial charge in [-0.25, -0.2) is 0 Å². The first-order valence-electron chi connectivity index (χ1n) is 9.13. The summed E-state index contributed by atoms with van der Waals surface area (Å²) < 4.78 is 0. The number of benzene rings is 3. The third-order valence-corrected chi connectivity index (χ3v) is 4.29. The highest BCUT2D eigenvalue weighted by Crippen LogP contribution is 2.27. The molecule has 142 valence electrons. The Kier molecular flexibility index (Phi) is 5.57. The molecule has 0 aromatic heterocycles. The Morgan fingerprint density at radius 3 is 2.38 bits per heavy atom. The molecule has 1 aliphatic rings. The van der Waals surface area contributed by atoms with Crippen molar-refractivity contribution in [3.05, 3.63) is 90.0 Å². The number of phenols is 1. The van der Waals surface area contributed by atoms with Crippen LogP contribution in [0.3, 0.4) is 0 Å². The summed E-state index contributed by atoms with van der Waals surface area (Å²) in [7, 11) is 0. The number of rotatable bonds is 5. The summed E-state index contributed by atoms with van der Waals surface area (Å²) >= 11 is 0. The highest BCUT2D eigenvalue weighted by Gasteiger charge is 2.19. The fourth-order valence-electron chi connectivity index (χ4n) is 2.79. The fraction of sp³-hybridized carbons (Fsp3) is 0.0909. The van der Waals surface area contributed by atoms with Crippen LogP contribution < -0.4 is 0 Å². The second kappa shape index (κ2) is 8.79. The summed E-state index contributed by atoms with van der Waals surface area (Å²) in [6.45, 7) is 0. The standard InChI is InChI=1S/C22H18N6O/c29-21-12-11-19(25-24-18-9-5-2-6-10-18)13-17(21)15-23-27-22-14-20(26-28-22)16-7-3-1-4-8-16/h1-13,15,20,29H,14H2/b23-15-,25-24?,27-22-/t20-/m1/s1. The van der Waals surface area contributed by atoms with Crippen LogP contribution in [0.1, 0.15) is 23.6 Å². The molecular weight excluding hydrogens is 364 g/mol. The number of phenolic OH excluding ortho intramolecular Hbond substituents is 1. The average Bonchev–Trinajstić information content (AvgIpc) is 3.24. The lowest BCUT2D eigenvalue weighted by Crippen LogP contribution is -1.95. The molecule has 7 heteroatoms. The van der Waals surface area contributed by atoms with Gasteiger partial charge >= 0.3 is 0 Å². The third-order valence-electron chi connectivity index (χ3n) is 4.29. The van der Waals surface area contributed by atoms with Gasteiger partial charge in [0.1, 0.15) is 11.8 Å². The second-order valence-electron chi connectivity index (χ2n) is 6.39. The predicted octanol–water partition coefficient (Wildman–Crippen LogP) is 6.14. The van der Waals surface area contributed by atoms with Gasteiger partial charge in [0.15, 0.2) is 5.84 Å². The maximum atomic E-state index is 10.0. The summed E-state index contributed by atoms with van der Waals surface area (Å²) in [5.74, 6) is 0.636. The Morgan fingerprint density at radius 2 is 1.59 bits per heavy atom. The van der Waals surface area contributed by atoms with Crippen LogP contribution in [0.5, 0.6) is 5.75 Å². The summed E-state index contributed by atoms with van der Waals surface area (Å²) in [6.07, 6.45) is 2.06. The van der Waals surface area contributed by atoms with Crippen molar-refractivity contribution in [2.24, 2.45) is 30.7 Å². The summed E-state index contributed by atoms with van der Waals surface area (Å²) in [5.41, 5.74) is 2.94. The van der Waals surface area contributed by atoms with Crippen LogP contribution in [0, 0.1) is 0 Å². The van der Waals surface area contributed by atoms with Gasteiger partial charge in [0.25, 0.3) is 0 Å². The van der Waals surface area contributed by atoms with Crippen molar-refractivity contribution in [1.82, 2.24) is 0 Å². The molecule has 29 heavy (non-hydrogen) atoms. The van der Waals surface area contributed by atoms with Gasteiger partial charge < -0.3 is 5.11 Å². The molecule has 0 bridgehead atoms. The average molecular weight is 382 g/mol. The maximum absolute atomic E-state index is 10.0. The van der Waals surface area contributed by atoms with E-state index in [-0.39, 0.29) is 11.8 Å². The lowest BCUT2D eigenvalue weighted by Gasteiger charge is -2.03. The van der Waals surface area contributed by atoms with Crippen molar-refractivity contribution >= 4 is 23.4 Å². The first-order valence-corrected chi connectivity index (χ1v) is 9.13. The van der Waals surface area contributed by atoms with E-state index in [0.717, 1.165) is 11.3 Å².